The van der Waals surface area contributed by atoms with Crippen molar-refractivity contribution in [2.75, 3.05) is 11.9 Å². The van der Waals surface area contributed by atoms with Gasteiger partial charge in [-0.3, -0.25) is 0 Å². The van der Waals surface area contributed by atoms with Crippen molar-refractivity contribution in [3.63, 3.8) is 0 Å². The van der Waals surface area contributed by atoms with Crippen LogP contribution >= 0.6 is 0 Å². The molecule has 0 bridgehead atoms. The molecule has 1 unspecified atom stereocenters. The Balaban J connectivity index is 2.14. The quantitative estimate of drug-likeness (QED) is 0.891. The first kappa shape index (κ1) is 14.4. The molecule has 0 saturated carbocycles. The van der Waals surface area contributed by atoms with Gasteiger partial charge in [0.15, 0.2) is 0 Å². The van der Waals surface area contributed by atoms with Gasteiger partial charge in [0.2, 0.25) is 0 Å². The molecule has 1 aromatic rings. The van der Waals surface area contributed by atoms with E-state index < -0.39 is 12.0 Å². The molecule has 20 heavy (non-hydrogen) atoms. The van der Waals surface area contributed by atoms with E-state index in [1.165, 1.54) is 4.90 Å². The molecule has 1 aliphatic heterocycles. The van der Waals surface area contributed by atoms with Gasteiger partial charge in [0, 0.05) is 12.2 Å². The minimum atomic E-state index is -0.935. The highest BCUT2D eigenvalue weighted by molar-refractivity contribution is 5.93. The lowest BCUT2D eigenvalue weighted by molar-refractivity contribution is -0.141. The summed E-state index contributed by atoms with van der Waals surface area (Å²) in [5, 5.41) is 12.0. The van der Waals surface area contributed by atoms with Gasteiger partial charge >= 0.3 is 12.0 Å². The molecule has 5 heteroatoms. The van der Waals surface area contributed by atoms with Crippen molar-refractivity contribution in [3.05, 3.63) is 29.8 Å². The number of benzene rings is 1. The van der Waals surface area contributed by atoms with Gasteiger partial charge in [-0.05, 0) is 30.4 Å². The van der Waals surface area contributed by atoms with E-state index in [1.54, 1.807) is 0 Å². The number of hydrogen-bond acceptors (Lipinski definition) is 2. The number of rotatable bonds is 3. The van der Waals surface area contributed by atoms with Crippen molar-refractivity contribution < 1.29 is 14.7 Å². The average molecular weight is 276 g/mol. The first-order valence-electron chi connectivity index (χ1n) is 6.90. The minimum absolute atomic E-state index is 0.292. The van der Waals surface area contributed by atoms with Gasteiger partial charge < -0.3 is 15.3 Å². The Labute approximate surface area is 118 Å². The van der Waals surface area contributed by atoms with Crippen LogP contribution in [0.4, 0.5) is 10.5 Å². The van der Waals surface area contributed by atoms with Crippen LogP contribution in [0.15, 0.2) is 24.3 Å². The van der Waals surface area contributed by atoms with Gasteiger partial charge in [-0.1, -0.05) is 32.0 Å². The second kappa shape index (κ2) is 5.94. The monoisotopic (exact) mass is 276 g/mol. The third-order valence-corrected chi connectivity index (χ3v) is 3.62. The van der Waals surface area contributed by atoms with Crippen LogP contribution in [0.5, 0.6) is 0 Å². The first-order chi connectivity index (χ1) is 9.50. The van der Waals surface area contributed by atoms with Gasteiger partial charge in [0.1, 0.15) is 6.04 Å². The Morgan fingerprint density at radius 1 is 1.35 bits per heavy atom. The average Bonchev–Trinajstić information content (AvgIpc) is 2.88. The lowest BCUT2D eigenvalue weighted by atomic mass is 10.0. The van der Waals surface area contributed by atoms with Gasteiger partial charge in [0.05, 0.1) is 0 Å². The molecule has 1 aliphatic rings. The molecule has 108 valence electrons. The molecule has 1 atom stereocenters. The molecule has 1 aromatic carbocycles. The third-order valence-electron chi connectivity index (χ3n) is 3.62. The molecule has 1 saturated heterocycles. The fourth-order valence-electron chi connectivity index (χ4n) is 2.57. The number of hydrogen-bond donors (Lipinski definition) is 2. The Morgan fingerprint density at radius 2 is 2.05 bits per heavy atom. The fraction of sp³-hybridized carbons (Fsp3) is 0.467. The molecular weight excluding hydrogens is 256 g/mol. The number of para-hydroxylation sites is 1. The lowest BCUT2D eigenvalue weighted by Gasteiger charge is -2.23. The molecule has 2 N–H and O–H groups in total. The topological polar surface area (TPSA) is 69.6 Å². The van der Waals surface area contributed by atoms with Crippen molar-refractivity contribution in [3.8, 4) is 0 Å². The Morgan fingerprint density at radius 3 is 2.70 bits per heavy atom. The Kier molecular flexibility index (Phi) is 4.27. The number of carboxylic acids is 1. The summed E-state index contributed by atoms with van der Waals surface area (Å²) in [5.41, 5.74) is 1.80. The summed E-state index contributed by atoms with van der Waals surface area (Å²) in [5.74, 6) is -0.643. The second-order valence-electron chi connectivity index (χ2n) is 5.36. The van der Waals surface area contributed by atoms with Gasteiger partial charge in [-0.2, -0.15) is 0 Å². The number of carboxylic acid groups (broad SMARTS) is 1. The van der Waals surface area contributed by atoms with Crippen molar-refractivity contribution >= 4 is 17.7 Å². The van der Waals surface area contributed by atoms with E-state index in [2.05, 4.69) is 19.2 Å². The highest BCUT2D eigenvalue weighted by atomic mass is 16.4. The summed E-state index contributed by atoms with van der Waals surface area (Å²) in [7, 11) is 0. The van der Waals surface area contributed by atoms with E-state index in [0.717, 1.165) is 17.7 Å². The molecule has 0 aliphatic carbocycles. The van der Waals surface area contributed by atoms with E-state index in [1.807, 2.05) is 24.3 Å². The van der Waals surface area contributed by atoms with Crippen LogP contribution in [0.1, 0.15) is 38.2 Å². The zero-order valence-corrected chi connectivity index (χ0v) is 11.8. The lowest BCUT2D eigenvalue weighted by Crippen LogP contribution is -2.42. The van der Waals surface area contributed by atoms with Crippen LogP contribution < -0.4 is 5.32 Å². The maximum atomic E-state index is 12.3. The number of aliphatic carboxylic acids is 1. The summed E-state index contributed by atoms with van der Waals surface area (Å²) in [4.78, 5) is 24.8. The smallest absolute Gasteiger partial charge is 0.326 e. The molecule has 0 radical (unpaired) electrons. The number of nitrogens with one attached hydrogen (secondary N) is 1. The zero-order chi connectivity index (χ0) is 14.7. The van der Waals surface area contributed by atoms with E-state index in [9.17, 15) is 9.59 Å². The normalized spacial score (nSPS) is 18.4. The van der Waals surface area contributed by atoms with Crippen LogP contribution in [0.25, 0.3) is 0 Å². The van der Waals surface area contributed by atoms with Gasteiger partial charge in [-0.25, -0.2) is 9.59 Å². The number of amides is 2. The van der Waals surface area contributed by atoms with Crippen LogP contribution in [-0.2, 0) is 4.79 Å². The van der Waals surface area contributed by atoms with E-state index >= 15 is 0 Å². The van der Waals surface area contributed by atoms with E-state index in [4.69, 9.17) is 5.11 Å². The van der Waals surface area contributed by atoms with E-state index in [0.29, 0.717) is 18.9 Å². The Bertz CT molecular complexity index is 514. The molecule has 2 rings (SSSR count). The molecule has 5 nitrogen and oxygen atoms in total. The van der Waals surface area contributed by atoms with Crippen LogP contribution in [0.3, 0.4) is 0 Å². The Hall–Kier alpha value is -2.04. The van der Waals surface area contributed by atoms with Gasteiger partial charge in [0.25, 0.3) is 0 Å². The summed E-state index contributed by atoms with van der Waals surface area (Å²) in [6, 6.07) is 6.57. The summed E-state index contributed by atoms with van der Waals surface area (Å²) >= 11 is 0. The number of nitrogens with zero attached hydrogens (tertiary/aromatic N) is 1. The predicted molar refractivity (Wildman–Crippen MR) is 76.9 cm³/mol. The number of likely N-dealkylation sites (tertiary alicyclic amines) is 1. The van der Waals surface area contributed by atoms with Crippen molar-refractivity contribution in [2.45, 2.75) is 38.6 Å². The maximum absolute atomic E-state index is 12.3. The largest absolute Gasteiger partial charge is 0.480 e. The van der Waals surface area contributed by atoms with E-state index in [-0.39, 0.29) is 6.03 Å². The molecule has 1 fully saturated rings. The van der Waals surface area contributed by atoms with Crippen LogP contribution in [0, 0.1) is 0 Å². The molecule has 2 amide bonds. The number of anilines is 1. The number of carbonyl (C=O) groups is 2. The highest BCUT2D eigenvalue weighted by Crippen LogP contribution is 2.25. The molecular formula is C15H20N2O3. The summed E-state index contributed by atoms with van der Waals surface area (Å²) < 4.78 is 0. The van der Waals surface area contributed by atoms with Crippen molar-refractivity contribution in [1.82, 2.24) is 4.90 Å². The molecule has 0 spiro atoms. The number of urea groups is 1. The van der Waals surface area contributed by atoms with Crippen LogP contribution in [0.2, 0.25) is 0 Å². The van der Waals surface area contributed by atoms with Crippen LogP contribution in [-0.4, -0.2) is 34.6 Å². The summed E-state index contributed by atoms with van der Waals surface area (Å²) in [6.07, 6.45) is 1.25. The van der Waals surface area contributed by atoms with Gasteiger partial charge in [-0.15, -0.1) is 0 Å². The van der Waals surface area contributed by atoms with Crippen molar-refractivity contribution in [2.24, 2.45) is 0 Å². The fourth-order valence-corrected chi connectivity index (χ4v) is 2.57. The maximum Gasteiger partial charge on any atom is 0.326 e. The summed E-state index contributed by atoms with van der Waals surface area (Å²) in [6.45, 7) is 4.61. The molecule has 0 aromatic heterocycles. The highest BCUT2D eigenvalue weighted by Gasteiger charge is 2.34. The van der Waals surface area contributed by atoms with Crippen molar-refractivity contribution in [1.29, 1.82) is 0 Å². The zero-order valence-electron chi connectivity index (χ0n) is 11.8. The standard InChI is InChI=1S/C15H20N2O3/c1-10(2)11-6-3-4-7-12(11)16-15(20)17-9-5-8-13(17)14(18)19/h3-4,6-7,10,13H,5,8-9H2,1-2H3,(H,16,20)(H,18,19). The predicted octanol–water partition coefficient (Wildman–Crippen LogP) is 2.89. The first-order valence-corrected chi connectivity index (χ1v) is 6.90. The minimum Gasteiger partial charge on any atom is -0.480 e. The number of carbonyl (C=O) groups excluding carboxylic acids is 1. The SMILES string of the molecule is CC(C)c1ccccc1NC(=O)N1CCCC1C(=O)O. The second-order valence-corrected chi connectivity index (χ2v) is 5.36. The molecule has 1 heterocycles. The third kappa shape index (κ3) is 2.92.